The number of aromatic nitrogens is 2. The number of ether oxygens (including phenoxy) is 1. The number of nitrogens with zero attached hydrogens (tertiary/aromatic N) is 2. The summed E-state index contributed by atoms with van der Waals surface area (Å²) < 4.78 is 5.38. The number of hydrogen-bond acceptors (Lipinski definition) is 4. The molecule has 0 amide bonds. The Kier molecular flexibility index (Phi) is 12.6. The fourth-order valence-corrected chi connectivity index (χ4v) is 3.68. The van der Waals surface area contributed by atoms with E-state index in [4.69, 9.17) is 4.74 Å². The number of rotatable bonds is 16. The third-order valence-corrected chi connectivity index (χ3v) is 5.63. The zero-order valence-corrected chi connectivity index (χ0v) is 19.6. The molecule has 2 aromatic rings. The quantitative estimate of drug-likeness (QED) is 0.205. The van der Waals surface area contributed by atoms with Crippen LogP contribution in [0.1, 0.15) is 103 Å². The van der Waals surface area contributed by atoms with Gasteiger partial charge in [0, 0.05) is 12.0 Å². The summed E-state index contributed by atoms with van der Waals surface area (Å²) in [6, 6.07) is 8.47. The molecule has 1 aromatic heterocycles. The van der Waals surface area contributed by atoms with Crippen molar-refractivity contribution < 1.29 is 9.53 Å². The van der Waals surface area contributed by atoms with E-state index < -0.39 is 0 Å². The third-order valence-electron chi connectivity index (χ3n) is 5.63. The summed E-state index contributed by atoms with van der Waals surface area (Å²) in [5.74, 6) is 0.870. The van der Waals surface area contributed by atoms with Gasteiger partial charge in [0.15, 0.2) is 11.6 Å². The molecule has 0 unspecified atom stereocenters. The Morgan fingerprint density at radius 2 is 1.29 bits per heavy atom. The van der Waals surface area contributed by atoms with Gasteiger partial charge in [0.1, 0.15) is 0 Å². The average Bonchev–Trinajstić information content (AvgIpc) is 2.79. The van der Waals surface area contributed by atoms with Gasteiger partial charge in [-0.3, -0.25) is 4.79 Å². The first kappa shape index (κ1) is 25.0. The van der Waals surface area contributed by atoms with E-state index in [0.29, 0.717) is 18.0 Å². The maximum Gasteiger partial charge on any atom is 0.311 e. The Bertz CT molecular complexity index is 726. The summed E-state index contributed by atoms with van der Waals surface area (Å²) in [5, 5.41) is 0. The van der Waals surface area contributed by atoms with E-state index in [1.54, 1.807) is 12.4 Å². The molecule has 0 N–H and O–H groups in total. The number of benzene rings is 1. The molecule has 0 saturated heterocycles. The summed E-state index contributed by atoms with van der Waals surface area (Å²) in [7, 11) is 0. The Morgan fingerprint density at radius 1 is 0.742 bits per heavy atom. The molecule has 0 bridgehead atoms. The van der Waals surface area contributed by atoms with Crippen molar-refractivity contribution in [1.29, 1.82) is 0 Å². The van der Waals surface area contributed by atoms with Gasteiger partial charge in [-0.25, -0.2) is 9.97 Å². The maximum absolute atomic E-state index is 12.0. The van der Waals surface area contributed by atoms with Crippen LogP contribution in [0.25, 0.3) is 11.4 Å². The van der Waals surface area contributed by atoms with Crippen LogP contribution in [0.4, 0.5) is 0 Å². The molecule has 4 nitrogen and oxygen atoms in total. The third kappa shape index (κ3) is 10.6. The molecule has 0 saturated carbocycles. The van der Waals surface area contributed by atoms with Crippen LogP contribution in [0.15, 0.2) is 36.7 Å². The van der Waals surface area contributed by atoms with Crippen molar-refractivity contribution in [2.45, 2.75) is 104 Å². The molecule has 170 valence electrons. The van der Waals surface area contributed by atoms with Crippen LogP contribution in [0.5, 0.6) is 5.75 Å². The van der Waals surface area contributed by atoms with Crippen molar-refractivity contribution in [3.05, 3.63) is 42.2 Å². The largest absolute Gasteiger partial charge is 0.423 e. The van der Waals surface area contributed by atoms with Gasteiger partial charge in [0.25, 0.3) is 0 Å². The van der Waals surface area contributed by atoms with E-state index in [-0.39, 0.29) is 5.97 Å². The van der Waals surface area contributed by atoms with Gasteiger partial charge in [0.2, 0.25) is 0 Å². The molecule has 0 aliphatic heterocycles. The molecule has 0 spiro atoms. The second kappa shape index (κ2) is 15.6. The lowest BCUT2D eigenvalue weighted by atomic mass is 10.0. The highest BCUT2D eigenvalue weighted by molar-refractivity contribution is 5.72. The normalized spacial score (nSPS) is 10.9. The molecular formula is C27H40N2O2. The van der Waals surface area contributed by atoms with Gasteiger partial charge < -0.3 is 4.74 Å². The molecule has 0 aliphatic rings. The van der Waals surface area contributed by atoms with Gasteiger partial charge in [-0.2, -0.15) is 0 Å². The number of hydrogen-bond donors (Lipinski definition) is 0. The summed E-state index contributed by atoms with van der Waals surface area (Å²) in [5.41, 5.74) is 2.34. The number of esters is 1. The standard InChI is InChI=1S/C27H40N2O2/c1-3-5-7-9-10-12-14-16-26(30)31-25-21-28-27(29-22-25)24-19-17-23(18-20-24)15-13-11-8-6-4-2/h17-22H,3-16H2,1-2H3. The maximum atomic E-state index is 12.0. The number of carbonyl (C=O) groups excluding carboxylic acids is 1. The van der Waals surface area contributed by atoms with Gasteiger partial charge in [-0.15, -0.1) is 0 Å². The van der Waals surface area contributed by atoms with Crippen LogP contribution < -0.4 is 4.74 Å². The topological polar surface area (TPSA) is 52.1 Å². The lowest BCUT2D eigenvalue weighted by molar-refractivity contribution is -0.134. The van der Waals surface area contributed by atoms with Crippen molar-refractivity contribution in [3.63, 3.8) is 0 Å². The molecule has 2 rings (SSSR count). The summed E-state index contributed by atoms with van der Waals surface area (Å²) in [6.45, 7) is 4.47. The summed E-state index contributed by atoms with van der Waals surface area (Å²) in [4.78, 5) is 20.8. The Balaban J connectivity index is 1.70. The van der Waals surface area contributed by atoms with E-state index in [0.717, 1.165) is 24.8 Å². The minimum Gasteiger partial charge on any atom is -0.423 e. The van der Waals surface area contributed by atoms with Crippen LogP contribution >= 0.6 is 0 Å². The van der Waals surface area contributed by atoms with E-state index >= 15 is 0 Å². The first-order valence-corrected chi connectivity index (χ1v) is 12.3. The fraction of sp³-hybridized carbons (Fsp3) is 0.593. The van der Waals surface area contributed by atoms with Crippen molar-refractivity contribution in [3.8, 4) is 17.1 Å². The average molecular weight is 425 g/mol. The molecule has 0 radical (unpaired) electrons. The van der Waals surface area contributed by atoms with E-state index in [2.05, 4.69) is 48.1 Å². The van der Waals surface area contributed by atoms with E-state index in [1.165, 1.54) is 69.8 Å². The first-order chi connectivity index (χ1) is 15.2. The number of aryl methyl sites for hydroxylation is 1. The van der Waals surface area contributed by atoms with Crippen molar-refractivity contribution in [1.82, 2.24) is 9.97 Å². The highest BCUT2D eigenvalue weighted by Gasteiger charge is 2.07. The van der Waals surface area contributed by atoms with Crippen LogP contribution in [-0.4, -0.2) is 15.9 Å². The van der Waals surface area contributed by atoms with Gasteiger partial charge in [0.05, 0.1) is 12.4 Å². The Morgan fingerprint density at radius 3 is 1.90 bits per heavy atom. The second-order valence-corrected chi connectivity index (χ2v) is 8.45. The SMILES string of the molecule is CCCCCCCCCC(=O)Oc1cnc(-c2ccc(CCCCCCC)cc2)nc1. The van der Waals surface area contributed by atoms with E-state index in [1.807, 2.05) is 0 Å². The van der Waals surface area contributed by atoms with Crippen LogP contribution in [0, 0.1) is 0 Å². The van der Waals surface area contributed by atoms with E-state index in [9.17, 15) is 4.79 Å². The molecule has 1 heterocycles. The van der Waals surface area contributed by atoms with Gasteiger partial charge in [-0.05, 0) is 24.8 Å². The minimum absolute atomic E-state index is 0.201. The summed E-state index contributed by atoms with van der Waals surface area (Å²) >= 11 is 0. The van der Waals surface area contributed by atoms with Crippen molar-refractivity contribution in [2.75, 3.05) is 0 Å². The monoisotopic (exact) mass is 424 g/mol. The molecule has 31 heavy (non-hydrogen) atoms. The zero-order chi connectivity index (χ0) is 22.2. The highest BCUT2D eigenvalue weighted by Crippen LogP contribution is 2.19. The van der Waals surface area contributed by atoms with Crippen molar-refractivity contribution in [2.24, 2.45) is 0 Å². The van der Waals surface area contributed by atoms with Gasteiger partial charge >= 0.3 is 5.97 Å². The lowest BCUT2D eigenvalue weighted by Crippen LogP contribution is -2.08. The minimum atomic E-state index is -0.201. The molecule has 4 heteroatoms. The van der Waals surface area contributed by atoms with Crippen LogP contribution in [0.2, 0.25) is 0 Å². The molecule has 1 aromatic carbocycles. The number of unbranched alkanes of at least 4 members (excludes halogenated alkanes) is 10. The summed E-state index contributed by atoms with van der Waals surface area (Å²) in [6.07, 6.45) is 19.6. The fourth-order valence-electron chi connectivity index (χ4n) is 3.68. The van der Waals surface area contributed by atoms with Crippen molar-refractivity contribution >= 4 is 5.97 Å². The lowest BCUT2D eigenvalue weighted by Gasteiger charge is -2.06. The molecule has 0 atom stereocenters. The molecule has 0 fully saturated rings. The Hall–Kier alpha value is -2.23. The zero-order valence-electron chi connectivity index (χ0n) is 19.6. The molecule has 0 aliphatic carbocycles. The predicted molar refractivity (Wildman–Crippen MR) is 128 cm³/mol. The predicted octanol–water partition coefficient (Wildman–Crippen LogP) is 7.70. The number of carbonyl (C=O) groups is 1. The van der Waals surface area contributed by atoms with Gasteiger partial charge in [-0.1, -0.05) is 102 Å². The smallest absolute Gasteiger partial charge is 0.311 e. The Labute approximate surface area is 188 Å². The second-order valence-electron chi connectivity index (χ2n) is 8.45. The molecular weight excluding hydrogens is 384 g/mol. The first-order valence-electron chi connectivity index (χ1n) is 12.3. The highest BCUT2D eigenvalue weighted by atomic mass is 16.5. The van der Waals surface area contributed by atoms with Crippen LogP contribution in [-0.2, 0) is 11.2 Å². The van der Waals surface area contributed by atoms with Crippen LogP contribution in [0.3, 0.4) is 0 Å².